The summed E-state index contributed by atoms with van der Waals surface area (Å²) >= 11 is 4.62. The number of thiol groups is 1. The first kappa shape index (κ1) is 17.5. The van der Waals surface area contributed by atoms with E-state index < -0.39 is 10.9 Å². The fraction of sp³-hybridized carbons (Fsp3) is 0.941. The molecule has 3 rings (SSSR count). The average molecular weight is 343 g/mol. The SMILES string of the molecule is O=C(O)C1CCC([C@](O)(S)C2C3CCCCC3CC[NH+]2[O-])CC1. The Morgan fingerprint density at radius 2 is 1.74 bits per heavy atom. The van der Waals surface area contributed by atoms with E-state index in [1.807, 2.05) is 0 Å². The van der Waals surface area contributed by atoms with Gasteiger partial charge in [-0.1, -0.05) is 12.8 Å². The molecular formula is C17H29NO4S. The van der Waals surface area contributed by atoms with Gasteiger partial charge in [0.15, 0.2) is 4.93 Å². The second-order valence-electron chi connectivity index (χ2n) is 7.86. The number of carboxylic acid groups (broad SMARTS) is 1. The predicted molar refractivity (Wildman–Crippen MR) is 90.1 cm³/mol. The number of aliphatic carboxylic acids is 1. The Kier molecular flexibility index (Phi) is 5.26. The standard InChI is InChI=1S/C17H29NO4S/c19-16(20)12-5-7-13(8-6-12)17(21,23)15-14-4-2-1-3-11(14)9-10-18(15)22/h11-15,18,21,23H,1-10H2,(H,19,20)/t11?,12?,13?,14?,15?,17-/m0/s1. The summed E-state index contributed by atoms with van der Waals surface area (Å²) in [5.74, 6) is -0.298. The fourth-order valence-corrected chi connectivity index (χ4v) is 5.92. The van der Waals surface area contributed by atoms with Gasteiger partial charge in [-0.3, -0.25) is 4.79 Å². The number of hydrogen-bond donors (Lipinski definition) is 4. The first-order valence-electron chi connectivity index (χ1n) is 9.11. The second kappa shape index (κ2) is 6.90. The Balaban J connectivity index is 1.73. The average Bonchev–Trinajstić information content (AvgIpc) is 2.54. The highest BCUT2D eigenvalue weighted by molar-refractivity contribution is 7.81. The molecule has 0 aromatic carbocycles. The van der Waals surface area contributed by atoms with Gasteiger partial charge in [0.05, 0.1) is 12.5 Å². The lowest BCUT2D eigenvalue weighted by atomic mass is 9.66. The van der Waals surface area contributed by atoms with Gasteiger partial charge < -0.3 is 20.5 Å². The molecular weight excluding hydrogens is 314 g/mol. The molecule has 3 N–H and O–H groups in total. The Hall–Kier alpha value is -0.300. The summed E-state index contributed by atoms with van der Waals surface area (Å²) in [4.78, 5) is 9.84. The van der Waals surface area contributed by atoms with Crippen molar-refractivity contribution in [2.24, 2.45) is 23.7 Å². The van der Waals surface area contributed by atoms with Crippen LogP contribution in [0.4, 0.5) is 0 Å². The first-order valence-corrected chi connectivity index (χ1v) is 9.56. The van der Waals surface area contributed by atoms with Crippen LogP contribution in [0.1, 0.15) is 57.8 Å². The number of carbonyl (C=O) groups is 1. The lowest BCUT2D eigenvalue weighted by molar-refractivity contribution is -0.895. The number of fused-ring (bicyclic) bond motifs is 1. The molecule has 1 saturated heterocycles. The zero-order valence-electron chi connectivity index (χ0n) is 13.6. The molecule has 0 radical (unpaired) electrons. The monoisotopic (exact) mass is 343 g/mol. The highest BCUT2D eigenvalue weighted by atomic mass is 32.1. The van der Waals surface area contributed by atoms with Gasteiger partial charge in [0.2, 0.25) is 0 Å². The van der Waals surface area contributed by atoms with Crippen molar-refractivity contribution in [3.8, 4) is 0 Å². The van der Waals surface area contributed by atoms with Crippen molar-refractivity contribution in [1.82, 2.24) is 0 Å². The van der Waals surface area contributed by atoms with E-state index >= 15 is 0 Å². The van der Waals surface area contributed by atoms with E-state index in [1.165, 1.54) is 12.8 Å². The van der Waals surface area contributed by atoms with Crippen LogP contribution in [0.2, 0.25) is 0 Å². The molecule has 1 aliphatic heterocycles. The summed E-state index contributed by atoms with van der Waals surface area (Å²) in [6.45, 7) is 0.569. The third kappa shape index (κ3) is 3.41. The molecule has 3 aliphatic rings. The topological polar surface area (TPSA) is 85.0 Å². The number of hydroxylamine groups is 2. The van der Waals surface area contributed by atoms with Crippen molar-refractivity contribution in [3.05, 3.63) is 5.21 Å². The minimum Gasteiger partial charge on any atom is -0.634 e. The van der Waals surface area contributed by atoms with Crippen LogP contribution in [0.25, 0.3) is 0 Å². The van der Waals surface area contributed by atoms with Crippen LogP contribution in [-0.4, -0.2) is 33.7 Å². The van der Waals surface area contributed by atoms with Crippen LogP contribution in [0.15, 0.2) is 0 Å². The summed E-state index contributed by atoms with van der Waals surface area (Å²) < 4.78 is 0. The Bertz CT molecular complexity index is 436. The van der Waals surface area contributed by atoms with Crippen molar-refractivity contribution in [2.75, 3.05) is 6.54 Å². The Morgan fingerprint density at radius 3 is 2.39 bits per heavy atom. The zero-order chi connectivity index (χ0) is 16.6. The third-order valence-corrected chi connectivity index (χ3v) is 7.28. The number of hydrogen-bond acceptors (Lipinski definition) is 4. The zero-order valence-corrected chi connectivity index (χ0v) is 14.5. The van der Waals surface area contributed by atoms with Crippen LogP contribution in [-0.2, 0) is 4.79 Å². The molecule has 0 bridgehead atoms. The molecule has 0 aromatic rings. The quantitative estimate of drug-likeness (QED) is 0.355. The largest absolute Gasteiger partial charge is 0.634 e. The van der Waals surface area contributed by atoms with Gasteiger partial charge in [-0.2, -0.15) is 0 Å². The normalized spacial score (nSPS) is 44.1. The molecule has 0 spiro atoms. The van der Waals surface area contributed by atoms with E-state index in [4.69, 9.17) is 5.11 Å². The minimum atomic E-state index is -1.28. The molecule has 0 aromatic heterocycles. The molecule has 5 nitrogen and oxygen atoms in total. The third-order valence-electron chi connectivity index (χ3n) is 6.64. The van der Waals surface area contributed by atoms with E-state index in [0.717, 1.165) is 19.3 Å². The van der Waals surface area contributed by atoms with E-state index in [-0.39, 0.29) is 28.9 Å². The van der Waals surface area contributed by atoms with Crippen LogP contribution < -0.4 is 5.06 Å². The molecule has 23 heavy (non-hydrogen) atoms. The molecule has 3 fully saturated rings. The molecule has 5 atom stereocenters. The van der Waals surface area contributed by atoms with Crippen molar-refractivity contribution in [1.29, 1.82) is 0 Å². The van der Waals surface area contributed by atoms with Crippen LogP contribution in [0.3, 0.4) is 0 Å². The number of aliphatic hydroxyl groups is 1. The minimum absolute atomic E-state index is 0.0731. The Morgan fingerprint density at radius 1 is 1.09 bits per heavy atom. The van der Waals surface area contributed by atoms with Crippen molar-refractivity contribution >= 4 is 18.6 Å². The molecule has 6 heteroatoms. The van der Waals surface area contributed by atoms with Crippen LogP contribution >= 0.6 is 12.6 Å². The molecule has 4 unspecified atom stereocenters. The maximum Gasteiger partial charge on any atom is 0.306 e. The van der Waals surface area contributed by atoms with Gasteiger partial charge in [0.25, 0.3) is 0 Å². The van der Waals surface area contributed by atoms with E-state index in [1.54, 1.807) is 0 Å². The predicted octanol–water partition coefficient (Wildman–Crippen LogP) is 1.46. The number of rotatable bonds is 3. The van der Waals surface area contributed by atoms with Crippen molar-refractivity contribution < 1.29 is 20.1 Å². The Labute approximate surface area is 143 Å². The van der Waals surface area contributed by atoms with Gasteiger partial charge in [0.1, 0.15) is 6.04 Å². The summed E-state index contributed by atoms with van der Waals surface area (Å²) in [5.41, 5.74) is 0. The van der Waals surface area contributed by atoms with Gasteiger partial charge in [-0.25, -0.2) is 0 Å². The number of nitrogens with one attached hydrogen (secondary N) is 1. The molecule has 2 aliphatic carbocycles. The number of quaternary nitrogens is 1. The van der Waals surface area contributed by atoms with Crippen LogP contribution in [0, 0.1) is 28.9 Å². The highest BCUT2D eigenvalue weighted by Gasteiger charge is 2.53. The number of carboxylic acids is 1. The highest BCUT2D eigenvalue weighted by Crippen LogP contribution is 2.45. The van der Waals surface area contributed by atoms with Crippen molar-refractivity contribution in [2.45, 2.75) is 68.8 Å². The lowest BCUT2D eigenvalue weighted by Gasteiger charge is -2.53. The molecule has 0 amide bonds. The van der Waals surface area contributed by atoms with Gasteiger partial charge in [0, 0.05) is 18.3 Å². The van der Waals surface area contributed by atoms with Crippen molar-refractivity contribution in [3.63, 3.8) is 0 Å². The van der Waals surface area contributed by atoms with Gasteiger partial charge in [-0.05, 0) is 44.4 Å². The summed E-state index contributed by atoms with van der Waals surface area (Å²) in [5, 5.41) is 33.1. The fourth-order valence-electron chi connectivity index (χ4n) is 5.33. The van der Waals surface area contributed by atoms with Gasteiger partial charge in [-0.15, -0.1) is 12.6 Å². The molecule has 1 heterocycles. The lowest BCUT2D eigenvalue weighted by Crippen LogP contribution is -3.16. The van der Waals surface area contributed by atoms with E-state index in [0.29, 0.717) is 38.1 Å². The van der Waals surface area contributed by atoms with E-state index in [9.17, 15) is 15.1 Å². The summed E-state index contributed by atoms with van der Waals surface area (Å²) in [6.07, 6.45) is 8.00. The smallest absolute Gasteiger partial charge is 0.306 e. The van der Waals surface area contributed by atoms with E-state index in [2.05, 4.69) is 12.6 Å². The number of piperidine rings is 1. The second-order valence-corrected chi connectivity index (χ2v) is 8.58. The summed E-state index contributed by atoms with van der Waals surface area (Å²) in [6, 6.07) is -0.365. The maximum atomic E-state index is 12.6. The summed E-state index contributed by atoms with van der Waals surface area (Å²) in [7, 11) is 0. The van der Waals surface area contributed by atoms with Gasteiger partial charge >= 0.3 is 5.97 Å². The van der Waals surface area contributed by atoms with Crippen LogP contribution in [0.5, 0.6) is 0 Å². The maximum absolute atomic E-state index is 12.6. The molecule has 132 valence electrons. The molecule has 2 saturated carbocycles. The first-order chi connectivity index (χ1) is 10.9.